The Kier molecular flexibility index (Phi) is 4.67. The molecule has 0 atom stereocenters. The lowest BCUT2D eigenvalue weighted by Gasteiger charge is -2.06. The first-order chi connectivity index (χ1) is 11.7. The van der Waals surface area contributed by atoms with Gasteiger partial charge in [0.2, 0.25) is 0 Å². The van der Waals surface area contributed by atoms with E-state index in [1.807, 2.05) is 6.07 Å². The number of carbonyl (C=O) groups is 1. The van der Waals surface area contributed by atoms with Gasteiger partial charge in [-0.15, -0.1) is 0 Å². The minimum absolute atomic E-state index is 0.214. The molecule has 0 unspecified atom stereocenters. The number of benzene rings is 2. The Balaban J connectivity index is 1.85. The molecular weight excluding hydrogens is 326 g/mol. The normalized spacial score (nSPS) is 10.9. The average molecular weight is 340 g/mol. The molecule has 0 aliphatic rings. The smallest absolute Gasteiger partial charge is 0.255 e. The number of aliphatic imine (C=N–C) groups is 1. The van der Waals surface area contributed by atoms with E-state index in [-0.39, 0.29) is 5.91 Å². The van der Waals surface area contributed by atoms with Crippen LogP contribution in [0.1, 0.15) is 16.1 Å². The van der Waals surface area contributed by atoms with Crippen molar-refractivity contribution < 1.29 is 4.79 Å². The summed E-state index contributed by atoms with van der Waals surface area (Å²) >= 11 is 5.84. The van der Waals surface area contributed by atoms with Crippen molar-refractivity contribution in [1.82, 2.24) is 15.4 Å². The highest BCUT2D eigenvalue weighted by molar-refractivity contribution is 6.30. The molecule has 2 aromatic carbocycles. The standard InChI is InChI=1S/C17H14ClN5O/c1-19-10-15-16(22-23-21-15)11-3-2-4-12(9-11)17(24)20-14-7-5-13(18)6-8-14/h2-10H,1H3,(H,20,24)(H,21,22,23). The van der Waals surface area contributed by atoms with Gasteiger partial charge in [-0.2, -0.15) is 15.4 Å². The number of H-pyrrole nitrogens is 1. The van der Waals surface area contributed by atoms with E-state index in [1.165, 1.54) is 0 Å². The number of nitrogens with zero attached hydrogens (tertiary/aromatic N) is 3. The summed E-state index contributed by atoms with van der Waals surface area (Å²) in [4.78, 5) is 16.4. The van der Waals surface area contributed by atoms with Crippen molar-refractivity contribution in [1.29, 1.82) is 0 Å². The fourth-order valence-corrected chi connectivity index (χ4v) is 2.33. The summed E-state index contributed by atoms with van der Waals surface area (Å²) in [5.74, 6) is -0.214. The molecule has 0 saturated heterocycles. The molecule has 0 saturated carbocycles. The molecule has 1 amide bonds. The van der Waals surface area contributed by atoms with Crippen molar-refractivity contribution in [2.45, 2.75) is 0 Å². The summed E-state index contributed by atoms with van der Waals surface area (Å²) in [6, 6.07) is 14.1. The van der Waals surface area contributed by atoms with Gasteiger partial charge in [0.15, 0.2) is 0 Å². The van der Waals surface area contributed by atoms with E-state index in [0.717, 1.165) is 5.56 Å². The predicted octanol–water partition coefficient (Wildman–Crippen LogP) is 3.43. The van der Waals surface area contributed by atoms with Crippen molar-refractivity contribution >= 4 is 29.4 Å². The zero-order valence-corrected chi connectivity index (χ0v) is 13.6. The van der Waals surface area contributed by atoms with Gasteiger partial charge in [0.05, 0.1) is 6.21 Å². The first-order valence-corrected chi connectivity index (χ1v) is 7.55. The number of hydrogen-bond acceptors (Lipinski definition) is 4. The van der Waals surface area contributed by atoms with Crippen LogP contribution in [-0.4, -0.2) is 34.6 Å². The molecular formula is C17H14ClN5O. The second kappa shape index (κ2) is 7.06. The van der Waals surface area contributed by atoms with Crippen LogP contribution in [0.4, 0.5) is 5.69 Å². The third kappa shape index (κ3) is 3.49. The van der Waals surface area contributed by atoms with E-state index < -0.39 is 0 Å². The molecule has 3 aromatic rings. The number of amides is 1. The van der Waals surface area contributed by atoms with Gasteiger partial charge in [-0.05, 0) is 36.4 Å². The molecule has 120 valence electrons. The maximum Gasteiger partial charge on any atom is 0.255 e. The summed E-state index contributed by atoms with van der Waals surface area (Å²) in [6.45, 7) is 0. The van der Waals surface area contributed by atoms with Crippen molar-refractivity contribution in [3.8, 4) is 11.3 Å². The van der Waals surface area contributed by atoms with Crippen molar-refractivity contribution in [3.05, 3.63) is 64.8 Å². The fourth-order valence-electron chi connectivity index (χ4n) is 2.21. The monoisotopic (exact) mass is 339 g/mol. The first kappa shape index (κ1) is 15.9. The van der Waals surface area contributed by atoms with E-state index >= 15 is 0 Å². The van der Waals surface area contributed by atoms with E-state index in [9.17, 15) is 4.79 Å². The molecule has 6 nitrogen and oxygen atoms in total. The van der Waals surface area contributed by atoms with E-state index in [1.54, 1.807) is 55.7 Å². The Labute approximate surface area is 143 Å². The summed E-state index contributed by atoms with van der Waals surface area (Å²) < 4.78 is 0. The largest absolute Gasteiger partial charge is 0.322 e. The summed E-state index contributed by atoms with van der Waals surface area (Å²) in [5.41, 5.74) is 3.23. The Morgan fingerprint density at radius 1 is 1.21 bits per heavy atom. The van der Waals surface area contributed by atoms with Crippen LogP contribution in [0, 0.1) is 0 Å². The van der Waals surface area contributed by atoms with Gasteiger partial charge in [0.1, 0.15) is 11.4 Å². The summed E-state index contributed by atoms with van der Waals surface area (Å²) in [7, 11) is 1.66. The molecule has 0 fully saturated rings. The molecule has 0 bridgehead atoms. The molecule has 0 aliphatic carbocycles. The molecule has 0 radical (unpaired) electrons. The van der Waals surface area contributed by atoms with Gasteiger partial charge in [-0.3, -0.25) is 9.79 Å². The lowest BCUT2D eigenvalue weighted by molar-refractivity contribution is 0.102. The summed E-state index contributed by atoms with van der Waals surface area (Å²) in [6.07, 6.45) is 1.61. The number of halogens is 1. The highest BCUT2D eigenvalue weighted by atomic mass is 35.5. The minimum Gasteiger partial charge on any atom is -0.322 e. The Morgan fingerprint density at radius 2 is 2.00 bits per heavy atom. The predicted molar refractivity (Wildman–Crippen MR) is 94.7 cm³/mol. The fraction of sp³-hybridized carbons (Fsp3) is 0.0588. The van der Waals surface area contributed by atoms with Gasteiger partial charge in [0, 0.05) is 28.9 Å². The molecule has 1 heterocycles. The number of nitrogens with one attached hydrogen (secondary N) is 2. The van der Waals surface area contributed by atoms with Crippen LogP contribution in [0.25, 0.3) is 11.3 Å². The number of aromatic amines is 1. The van der Waals surface area contributed by atoms with Gasteiger partial charge < -0.3 is 5.32 Å². The SMILES string of the molecule is CN=Cc1n[nH]nc1-c1cccc(C(=O)Nc2ccc(Cl)cc2)c1. The molecule has 0 spiro atoms. The highest BCUT2D eigenvalue weighted by Crippen LogP contribution is 2.21. The topological polar surface area (TPSA) is 83.0 Å². The summed E-state index contributed by atoms with van der Waals surface area (Å²) in [5, 5.41) is 14.2. The van der Waals surface area contributed by atoms with E-state index in [2.05, 4.69) is 25.7 Å². The highest BCUT2D eigenvalue weighted by Gasteiger charge is 2.12. The number of aromatic nitrogens is 3. The van der Waals surface area contributed by atoms with Gasteiger partial charge in [-0.1, -0.05) is 23.7 Å². The van der Waals surface area contributed by atoms with Crippen LogP contribution in [0.3, 0.4) is 0 Å². The van der Waals surface area contributed by atoms with Crippen LogP contribution in [-0.2, 0) is 0 Å². The third-order valence-corrected chi connectivity index (χ3v) is 3.58. The van der Waals surface area contributed by atoms with Crippen LogP contribution in [0.15, 0.2) is 53.5 Å². The molecule has 1 aromatic heterocycles. The lowest BCUT2D eigenvalue weighted by atomic mass is 10.1. The van der Waals surface area contributed by atoms with Gasteiger partial charge >= 0.3 is 0 Å². The number of rotatable bonds is 4. The quantitative estimate of drug-likeness (QED) is 0.714. The minimum atomic E-state index is -0.214. The Hall–Kier alpha value is -2.99. The third-order valence-electron chi connectivity index (χ3n) is 3.33. The molecule has 2 N–H and O–H groups in total. The molecule has 0 aliphatic heterocycles. The van der Waals surface area contributed by atoms with Crippen LogP contribution in [0.2, 0.25) is 5.02 Å². The second-order valence-corrected chi connectivity index (χ2v) is 5.42. The zero-order chi connectivity index (χ0) is 16.9. The van der Waals surface area contributed by atoms with Crippen molar-refractivity contribution in [3.63, 3.8) is 0 Å². The Bertz CT molecular complexity index is 886. The maximum atomic E-state index is 12.4. The van der Waals surface area contributed by atoms with E-state index in [4.69, 9.17) is 11.6 Å². The molecule has 7 heteroatoms. The van der Waals surface area contributed by atoms with Gasteiger partial charge in [0.25, 0.3) is 5.91 Å². The Morgan fingerprint density at radius 3 is 2.75 bits per heavy atom. The zero-order valence-electron chi connectivity index (χ0n) is 12.8. The van der Waals surface area contributed by atoms with Crippen molar-refractivity contribution in [2.24, 2.45) is 4.99 Å². The maximum absolute atomic E-state index is 12.4. The van der Waals surface area contributed by atoms with E-state index in [0.29, 0.717) is 27.7 Å². The van der Waals surface area contributed by atoms with Crippen molar-refractivity contribution in [2.75, 3.05) is 12.4 Å². The van der Waals surface area contributed by atoms with Gasteiger partial charge in [-0.25, -0.2) is 0 Å². The second-order valence-electron chi connectivity index (χ2n) is 4.99. The number of carbonyl (C=O) groups excluding carboxylic acids is 1. The van der Waals surface area contributed by atoms with Crippen LogP contribution in [0.5, 0.6) is 0 Å². The molecule has 3 rings (SSSR count). The van der Waals surface area contributed by atoms with Crippen LogP contribution >= 0.6 is 11.6 Å². The van der Waals surface area contributed by atoms with Crippen LogP contribution < -0.4 is 5.32 Å². The lowest BCUT2D eigenvalue weighted by Crippen LogP contribution is -2.11. The first-order valence-electron chi connectivity index (χ1n) is 7.17. The number of anilines is 1. The number of hydrogen-bond donors (Lipinski definition) is 2. The average Bonchev–Trinajstić information content (AvgIpc) is 3.06. The molecule has 24 heavy (non-hydrogen) atoms.